The van der Waals surface area contributed by atoms with Crippen LogP contribution in [0.2, 0.25) is 0 Å². The Morgan fingerprint density at radius 2 is 2.12 bits per heavy atom. The summed E-state index contributed by atoms with van der Waals surface area (Å²) in [4.78, 5) is 15.2. The monoisotopic (exact) mass is 248 g/mol. The molecule has 2 N–H and O–H groups in total. The van der Waals surface area contributed by atoms with Gasteiger partial charge < -0.3 is 10.5 Å². The first-order valence-electron chi connectivity index (χ1n) is 5.09. The van der Waals surface area contributed by atoms with E-state index in [1.807, 2.05) is 12.3 Å². The molecule has 0 saturated heterocycles. The minimum absolute atomic E-state index is 0.438. The van der Waals surface area contributed by atoms with Crippen molar-refractivity contribution in [3.8, 4) is 5.75 Å². The molecule has 0 radical (unpaired) electrons. The predicted octanol–water partition coefficient (Wildman–Crippen LogP) is 2.13. The first kappa shape index (κ1) is 11.6. The molecule has 1 heterocycles. The van der Waals surface area contributed by atoms with Gasteiger partial charge in [0.2, 0.25) is 5.91 Å². The van der Waals surface area contributed by atoms with E-state index in [-0.39, 0.29) is 0 Å². The molecule has 88 valence electrons. The summed E-state index contributed by atoms with van der Waals surface area (Å²) in [7, 11) is 0. The van der Waals surface area contributed by atoms with Gasteiger partial charge in [0.1, 0.15) is 17.4 Å². The van der Waals surface area contributed by atoms with Crippen LogP contribution < -0.4 is 10.5 Å². The number of hydrogen-bond donors (Lipinski definition) is 1. The second-order valence-corrected chi connectivity index (χ2v) is 4.50. The largest absolute Gasteiger partial charge is 0.486 e. The van der Waals surface area contributed by atoms with Gasteiger partial charge in [-0.3, -0.25) is 4.79 Å². The third-order valence-corrected chi connectivity index (χ3v) is 3.11. The minimum Gasteiger partial charge on any atom is -0.486 e. The van der Waals surface area contributed by atoms with E-state index in [0.717, 1.165) is 10.7 Å². The second kappa shape index (κ2) is 4.97. The molecule has 0 bridgehead atoms. The Hall–Kier alpha value is -1.88. The number of amides is 1. The molecule has 5 heteroatoms. The third kappa shape index (κ3) is 3.04. The van der Waals surface area contributed by atoms with Gasteiger partial charge in [0.15, 0.2) is 0 Å². The van der Waals surface area contributed by atoms with E-state index >= 15 is 0 Å². The number of ether oxygens (including phenoxy) is 1. The van der Waals surface area contributed by atoms with Gasteiger partial charge in [-0.25, -0.2) is 4.98 Å². The van der Waals surface area contributed by atoms with Crippen LogP contribution in [-0.4, -0.2) is 10.9 Å². The van der Waals surface area contributed by atoms with Crippen LogP contribution in [0.3, 0.4) is 0 Å². The van der Waals surface area contributed by atoms with Crippen LogP contribution in [0.5, 0.6) is 5.75 Å². The Balaban J connectivity index is 1.97. The Kier molecular flexibility index (Phi) is 3.39. The molecule has 1 aromatic heterocycles. The van der Waals surface area contributed by atoms with E-state index in [2.05, 4.69) is 4.98 Å². The highest BCUT2D eigenvalue weighted by Crippen LogP contribution is 2.15. The van der Waals surface area contributed by atoms with Crippen LogP contribution in [0.4, 0.5) is 0 Å². The highest BCUT2D eigenvalue weighted by Gasteiger charge is 2.02. The smallest absolute Gasteiger partial charge is 0.248 e. The third-order valence-electron chi connectivity index (χ3n) is 2.17. The number of carbonyl (C=O) groups excluding carboxylic acids is 1. The minimum atomic E-state index is -0.438. The van der Waals surface area contributed by atoms with Gasteiger partial charge in [0.25, 0.3) is 0 Å². The van der Waals surface area contributed by atoms with Crippen LogP contribution in [-0.2, 0) is 6.61 Å². The van der Waals surface area contributed by atoms with Crippen LogP contribution in [0.25, 0.3) is 0 Å². The number of rotatable bonds is 4. The normalized spacial score (nSPS) is 10.2. The average Bonchev–Trinajstić information content (AvgIpc) is 2.73. The Morgan fingerprint density at radius 3 is 2.65 bits per heavy atom. The van der Waals surface area contributed by atoms with E-state index in [9.17, 15) is 4.79 Å². The number of aryl methyl sites for hydroxylation is 1. The SMILES string of the molecule is Cc1csc(COc2ccc(C(N)=O)cc2)n1. The Bertz CT molecular complexity index is 520. The van der Waals surface area contributed by atoms with Crippen LogP contribution in [0, 0.1) is 6.92 Å². The summed E-state index contributed by atoms with van der Waals surface area (Å²) in [5.74, 6) is 0.259. The molecule has 0 unspecified atom stereocenters. The summed E-state index contributed by atoms with van der Waals surface area (Å²) in [5.41, 5.74) is 6.62. The first-order chi connectivity index (χ1) is 8.15. The molecule has 0 aliphatic carbocycles. The molecule has 2 rings (SSSR count). The van der Waals surface area contributed by atoms with Crippen molar-refractivity contribution >= 4 is 17.2 Å². The number of nitrogens with zero attached hydrogens (tertiary/aromatic N) is 1. The van der Waals surface area contributed by atoms with E-state index in [0.29, 0.717) is 17.9 Å². The molecule has 0 aliphatic heterocycles. The van der Waals surface area contributed by atoms with Crippen molar-refractivity contribution in [1.82, 2.24) is 4.98 Å². The van der Waals surface area contributed by atoms with Gasteiger partial charge in [0, 0.05) is 16.6 Å². The molecule has 0 fully saturated rings. The fourth-order valence-electron chi connectivity index (χ4n) is 1.33. The molecule has 0 atom stereocenters. The maximum absolute atomic E-state index is 10.9. The van der Waals surface area contributed by atoms with E-state index < -0.39 is 5.91 Å². The summed E-state index contributed by atoms with van der Waals surface area (Å²) in [5, 5.41) is 2.91. The van der Waals surface area contributed by atoms with Crippen molar-refractivity contribution in [1.29, 1.82) is 0 Å². The predicted molar refractivity (Wildman–Crippen MR) is 66.1 cm³/mol. The molecule has 0 aliphatic rings. The molecule has 0 saturated carbocycles. The van der Waals surface area contributed by atoms with Crippen LogP contribution in [0.1, 0.15) is 21.1 Å². The second-order valence-electron chi connectivity index (χ2n) is 3.56. The fourth-order valence-corrected chi connectivity index (χ4v) is 2.01. The molecule has 2 aromatic rings. The van der Waals surface area contributed by atoms with Gasteiger partial charge in [-0.2, -0.15) is 0 Å². The van der Waals surface area contributed by atoms with Gasteiger partial charge in [-0.15, -0.1) is 11.3 Å². The zero-order chi connectivity index (χ0) is 12.3. The topological polar surface area (TPSA) is 65.2 Å². The summed E-state index contributed by atoms with van der Waals surface area (Å²) in [6, 6.07) is 6.73. The number of primary amides is 1. The molecule has 1 amide bonds. The number of nitrogens with two attached hydrogens (primary N) is 1. The molecular weight excluding hydrogens is 236 g/mol. The Morgan fingerprint density at radius 1 is 1.41 bits per heavy atom. The number of carbonyl (C=O) groups is 1. The van der Waals surface area contributed by atoms with Crippen molar-refractivity contribution in [3.05, 3.63) is 45.9 Å². The van der Waals surface area contributed by atoms with E-state index in [1.54, 1.807) is 35.6 Å². The van der Waals surface area contributed by atoms with Gasteiger partial charge in [0.05, 0.1) is 0 Å². The lowest BCUT2D eigenvalue weighted by Gasteiger charge is -2.04. The van der Waals surface area contributed by atoms with Crippen molar-refractivity contribution in [3.63, 3.8) is 0 Å². The number of hydrogen-bond acceptors (Lipinski definition) is 4. The van der Waals surface area contributed by atoms with Gasteiger partial charge in [-0.05, 0) is 31.2 Å². The van der Waals surface area contributed by atoms with E-state index in [1.165, 1.54) is 0 Å². The highest BCUT2D eigenvalue weighted by atomic mass is 32.1. The summed E-state index contributed by atoms with van der Waals surface area (Å²) in [6.45, 7) is 2.38. The zero-order valence-corrected chi connectivity index (χ0v) is 10.2. The molecular formula is C12H12N2O2S. The molecule has 1 aromatic carbocycles. The fraction of sp³-hybridized carbons (Fsp3) is 0.167. The maximum Gasteiger partial charge on any atom is 0.248 e. The average molecular weight is 248 g/mol. The lowest BCUT2D eigenvalue weighted by molar-refractivity contribution is 0.100. The summed E-state index contributed by atoms with van der Waals surface area (Å²) >= 11 is 1.57. The summed E-state index contributed by atoms with van der Waals surface area (Å²) in [6.07, 6.45) is 0. The Labute approximate surface area is 103 Å². The molecule has 0 spiro atoms. The first-order valence-corrected chi connectivity index (χ1v) is 5.97. The molecule has 17 heavy (non-hydrogen) atoms. The van der Waals surface area contributed by atoms with Crippen LogP contribution in [0.15, 0.2) is 29.6 Å². The quantitative estimate of drug-likeness (QED) is 0.901. The lowest BCUT2D eigenvalue weighted by atomic mass is 10.2. The zero-order valence-electron chi connectivity index (χ0n) is 9.34. The number of aromatic nitrogens is 1. The van der Waals surface area contributed by atoms with Crippen molar-refractivity contribution in [2.45, 2.75) is 13.5 Å². The summed E-state index contributed by atoms with van der Waals surface area (Å²) < 4.78 is 5.54. The standard InChI is InChI=1S/C12H12N2O2S/c1-8-7-17-11(14-8)6-16-10-4-2-9(3-5-10)12(13)15/h2-5,7H,6H2,1H3,(H2,13,15). The van der Waals surface area contributed by atoms with Gasteiger partial charge >= 0.3 is 0 Å². The number of thiazole rings is 1. The van der Waals surface area contributed by atoms with Crippen molar-refractivity contribution in [2.75, 3.05) is 0 Å². The van der Waals surface area contributed by atoms with E-state index in [4.69, 9.17) is 10.5 Å². The highest BCUT2D eigenvalue weighted by molar-refractivity contribution is 7.09. The van der Waals surface area contributed by atoms with Gasteiger partial charge in [-0.1, -0.05) is 0 Å². The molecule has 4 nitrogen and oxygen atoms in total. The number of benzene rings is 1. The van der Waals surface area contributed by atoms with Crippen LogP contribution >= 0.6 is 11.3 Å². The maximum atomic E-state index is 10.9. The van der Waals surface area contributed by atoms with Crippen molar-refractivity contribution in [2.24, 2.45) is 5.73 Å². The van der Waals surface area contributed by atoms with Crippen molar-refractivity contribution < 1.29 is 9.53 Å². The lowest BCUT2D eigenvalue weighted by Crippen LogP contribution is -2.10.